The van der Waals surface area contributed by atoms with Crippen molar-refractivity contribution >= 4 is 0 Å². The molecule has 0 heterocycles. The standard InChI is InChI=1S/C14H17FO3/c1-2-17-9-4-10-18-14-11-13(15)7-6-12(14)5-3-8-16/h6-7,11,16H,2,4,8-10H2,1H3. The van der Waals surface area contributed by atoms with Gasteiger partial charge in [-0.1, -0.05) is 11.8 Å². The summed E-state index contributed by atoms with van der Waals surface area (Å²) >= 11 is 0. The highest BCUT2D eigenvalue weighted by Gasteiger charge is 2.03. The molecule has 3 nitrogen and oxygen atoms in total. The van der Waals surface area contributed by atoms with Crippen molar-refractivity contribution in [3.8, 4) is 17.6 Å². The van der Waals surface area contributed by atoms with Gasteiger partial charge in [0.2, 0.25) is 0 Å². The molecule has 0 bridgehead atoms. The molecule has 4 heteroatoms. The Morgan fingerprint density at radius 2 is 2.17 bits per heavy atom. The van der Waals surface area contributed by atoms with E-state index in [0.717, 1.165) is 6.42 Å². The maximum absolute atomic E-state index is 13.1. The van der Waals surface area contributed by atoms with Crippen LogP contribution in [0.5, 0.6) is 5.75 Å². The third kappa shape index (κ3) is 5.17. The van der Waals surface area contributed by atoms with Crippen molar-refractivity contribution in [1.29, 1.82) is 0 Å². The molecule has 1 aromatic carbocycles. The largest absolute Gasteiger partial charge is 0.492 e. The van der Waals surface area contributed by atoms with Gasteiger partial charge in [0.15, 0.2) is 0 Å². The normalized spacial score (nSPS) is 9.72. The van der Waals surface area contributed by atoms with Gasteiger partial charge in [-0.25, -0.2) is 4.39 Å². The summed E-state index contributed by atoms with van der Waals surface area (Å²) in [5.41, 5.74) is 0.571. The molecule has 0 aliphatic rings. The zero-order valence-corrected chi connectivity index (χ0v) is 10.4. The van der Waals surface area contributed by atoms with Crippen molar-refractivity contribution in [2.75, 3.05) is 26.4 Å². The SMILES string of the molecule is CCOCCCOc1cc(F)ccc1C#CCO. The fraction of sp³-hybridized carbons (Fsp3) is 0.429. The van der Waals surface area contributed by atoms with Crippen LogP contribution >= 0.6 is 0 Å². The monoisotopic (exact) mass is 252 g/mol. The summed E-state index contributed by atoms with van der Waals surface area (Å²) in [5, 5.41) is 8.64. The van der Waals surface area contributed by atoms with Crippen LogP contribution in [0.1, 0.15) is 18.9 Å². The molecule has 0 atom stereocenters. The fourth-order valence-corrected chi connectivity index (χ4v) is 1.34. The fourth-order valence-electron chi connectivity index (χ4n) is 1.34. The first kappa shape index (κ1) is 14.5. The van der Waals surface area contributed by atoms with Crippen molar-refractivity contribution in [3.05, 3.63) is 29.6 Å². The Balaban J connectivity index is 2.59. The molecule has 0 aliphatic carbocycles. The van der Waals surface area contributed by atoms with Gasteiger partial charge in [-0.15, -0.1) is 0 Å². The summed E-state index contributed by atoms with van der Waals surface area (Å²) in [5.74, 6) is 5.26. The van der Waals surface area contributed by atoms with Gasteiger partial charge in [0.05, 0.1) is 12.2 Å². The van der Waals surface area contributed by atoms with E-state index in [2.05, 4.69) is 11.8 Å². The number of aliphatic hydroxyl groups excluding tert-OH is 1. The lowest BCUT2D eigenvalue weighted by atomic mass is 10.2. The van der Waals surface area contributed by atoms with Crippen molar-refractivity contribution in [2.24, 2.45) is 0 Å². The number of ether oxygens (including phenoxy) is 2. The van der Waals surface area contributed by atoms with Gasteiger partial charge in [-0.05, 0) is 19.1 Å². The van der Waals surface area contributed by atoms with E-state index in [-0.39, 0.29) is 12.4 Å². The average molecular weight is 252 g/mol. The van der Waals surface area contributed by atoms with Crippen LogP contribution in [0.3, 0.4) is 0 Å². The molecule has 1 aromatic rings. The molecule has 1 rings (SSSR count). The molecule has 98 valence electrons. The molecule has 0 fully saturated rings. The zero-order chi connectivity index (χ0) is 13.2. The van der Waals surface area contributed by atoms with Crippen LogP contribution in [0.25, 0.3) is 0 Å². The van der Waals surface area contributed by atoms with Crippen LogP contribution in [0, 0.1) is 17.7 Å². The molecule has 1 N–H and O–H groups in total. The topological polar surface area (TPSA) is 38.7 Å². The van der Waals surface area contributed by atoms with E-state index in [1.54, 1.807) is 0 Å². The van der Waals surface area contributed by atoms with E-state index >= 15 is 0 Å². The first-order valence-corrected chi connectivity index (χ1v) is 5.87. The molecule has 0 amide bonds. The van der Waals surface area contributed by atoms with Crippen LogP contribution in [0.15, 0.2) is 18.2 Å². The Hall–Kier alpha value is -1.57. The quantitative estimate of drug-likeness (QED) is 0.621. The van der Waals surface area contributed by atoms with Crippen LogP contribution < -0.4 is 4.74 Å². The highest BCUT2D eigenvalue weighted by atomic mass is 19.1. The van der Waals surface area contributed by atoms with E-state index in [0.29, 0.717) is 31.1 Å². The van der Waals surface area contributed by atoms with Gasteiger partial charge < -0.3 is 14.6 Å². The van der Waals surface area contributed by atoms with Crippen molar-refractivity contribution < 1.29 is 19.0 Å². The summed E-state index contributed by atoms with van der Waals surface area (Å²) in [6, 6.07) is 4.15. The second-order valence-electron chi connectivity index (χ2n) is 3.50. The number of hydrogen-bond donors (Lipinski definition) is 1. The van der Waals surface area contributed by atoms with Crippen molar-refractivity contribution in [3.63, 3.8) is 0 Å². The van der Waals surface area contributed by atoms with Crippen molar-refractivity contribution in [2.45, 2.75) is 13.3 Å². The number of halogens is 1. The lowest BCUT2D eigenvalue weighted by molar-refractivity contribution is 0.130. The summed E-state index contributed by atoms with van der Waals surface area (Å²) < 4.78 is 23.7. The summed E-state index contributed by atoms with van der Waals surface area (Å²) in [6.45, 7) is 3.42. The Kier molecular flexibility index (Phi) is 6.85. The molecular weight excluding hydrogens is 235 g/mol. The second-order valence-corrected chi connectivity index (χ2v) is 3.50. The van der Waals surface area contributed by atoms with Gasteiger partial charge in [-0.2, -0.15) is 0 Å². The Morgan fingerprint density at radius 3 is 2.89 bits per heavy atom. The molecule has 0 saturated heterocycles. The van der Waals surface area contributed by atoms with Gasteiger partial charge in [0, 0.05) is 25.7 Å². The minimum Gasteiger partial charge on any atom is -0.492 e. The third-order valence-electron chi connectivity index (χ3n) is 2.14. The Labute approximate surface area is 107 Å². The number of hydrogen-bond acceptors (Lipinski definition) is 3. The zero-order valence-electron chi connectivity index (χ0n) is 10.4. The Bertz CT molecular complexity index is 421. The van der Waals surface area contributed by atoms with E-state index in [1.807, 2.05) is 6.92 Å². The minimum atomic E-state index is -0.371. The lowest BCUT2D eigenvalue weighted by Crippen LogP contribution is -2.04. The van der Waals surface area contributed by atoms with Crippen LogP contribution in [0.4, 0.5) is 4.39 Å². The van der Waals surface area contributed by atoms with E-state index in [4.69, 9.17) is 14.6 Å². The third-order valence-corrected chi connectivity index (χ3v) is 2.14. The molecule has 0 radical (unpaired) electrons. The van der Waals surface area contributed by atoms with Gasteiger partial charge >= 0.3 is 0 Å². The van der Waals surface area contributed by atoms with E-state index in [1.165, 1.54) is 18.2 Å². The van der Waals surface area contributed by atoms with Gasteiger partial charge in [0.25, 0.3) is 0 Å². The first-order valence-electron chi connectivity index (χ1n) is 5.87. The second kappa shape index (κ2) is 8.51. The highest BCUT2D eigenvalue weighted by Crippen LogP contribution is 2.19. The molecule has 18 heavy (non-hydrogen) atoms. The smallest absolute Gasteiger partial charge is 0.137 e. The van der Waals surface area contributed by atoms with Crippen molar-refractivity contribution in [1.82, 2.24) is 0 Å². The minimum absolute atomic E-state index is 0.235. The predicted octanol–water partition coefficient (Wildman–Crippen LogP) is 1.97. The molecule has 0 aromatic heterocycles. The Morgan fingerprint density at radius 1 is 1.33 bits per heavy atom. The summed E-state index contributed by atoms with van der Waals surface area (Å²) in [4.78, 5) is 0. The maximum Gasteiger partial charge on any atom is 0.137 e. The number of rotatable bonds is 6. The van der Waals surface area contributed by atoms with E-state index in [9.17, 15) is 4.39 Å². The van der Waals surface area contributed by atoms with Gasteiger partial charge in [0.1, 0.15) is 18.2 Å². The number of aliphatic hydroxyl groups is 1. The summed E-state index contributed by atoms with van der Waals surface area (Å²) in [7, 11) is 0. The van der Waals surface area contributed by atoms with E-state index < -0.39 is 0 Å². The molecule has 0 saturated carbocycles. The predicted molar refractivity (Wildman–Crippen MR) is 67.0 cm³/mol. The van der Waals surface area contributed by atoms with Crippen LogP contribution in [-0.2, 0) is 4.74 Å². The molecule has 0 unspecified atom stereocenters. The highest BCUT2D eigenvalue weighted by molar-refractivity contribution is 5.46. The summed E-state index contributed by atoms with van der Waals surface area (Å²) in [6.07, 6.45) is 0.733. The average Bonchev–Trinajstić information content (AvgIpc) is 2.37. The lowest BCUT2D eigenvalue weighted by Gasteiger charge is -2.08. The van der Waals surface area contributed by atoms with Crippen LogP contribution in [0.2, 0.25) is 0 Å². The maximum atomic E-state index is 13.1. The number of benzene rings is 1. The molecule has 0 aliphatic heterocycles. The van der Waals surface area contributed by atoms with Gasteiger partial charge in [-0.3, -0.25) is 0 Å². The van der Waals surface area contributed by atoms with Crippen LogP contribution in [-0.4, -0.2) is 31.5 Å². The molecular formula is C14H17FO3. The molecule has 0 spiro atoms. The first-order chi connectivity index (χ1) is 8.77.